The van der Waals surface area contributed by atoms with Crippen molar-refractivity contribution in [1.82, 2.24) is 0 Å². The van der Waals surface area contributed by atoms with Gasteiger partial charge in [-0.15, -0.1) is 0 Å². The number of carbonyl (C=O) groups is 3. The molecule has 0 aromatic carbocycles. The van der Waals surface area contributed by atoms with Crippen LogP contribution in [0.4, 0.5) is 0 Å². The number of aliphatic carboxylic acids is 1. The molecule has 0 spiro atoms. The molecule has 0 radical (unpaired) electrons. The van der Waals surface area contributed by atoms with Crippen LogP contribution in [0.25, 0.3) is 0 Å². The molecule has 4 N–H and O–H groups in total. The highest BCUT2D eigenvalue weighted by atomic mass is 31.2. The summed E-state index contributed by atoms with van der Waals surface area (Å²) in [4.78, 5) is 45.9. The van der Waals surface area contributed by atoms with Crippen molar-refractivity contribution in [3.8, 4) is 0 Å². The van der Waals surface area contributed by atoms with Crippen LogP contribution in [0.1, 0.15) is 162 Å². The predicted octanol–water partition coefficient (Wildman–Crippen LogP) is 10.8. The lowest BCUT2D eigenvalue weighted by molar-refractivity contribution is -0.161. The molecule has 0 aliphatic carbocycles. The maximum atomic E-state index is 12.6. The van der Waals surface area contributed by atoms with E-state index in [1.165, 1.54) is 51.4 Å². The van der Waals surface area contributed by atoms with Gasteiger partial charge in [-0.05, 0) is 57.8 Å². The highest BCUT2D eigenvalue weighted by Gasteiger charge is 2.28. The number of unbranched alkanes of at least 4 members (excludes halogenated alkanes) is 14. The molecule has 0 bridgehead atoms. The standard InChI is InChI=1S/C43H74NO10P/c1-3-5-7-9-11-13-15-17-18-19-20-21-22-23-25-27-29-31-33-35-42(46)54-39(37-52-55(49,50)53-38-40(44)43(47)48)36-51-41(45)34-32-30-28-26-24-16-14-12-10-8-6-4-2/h5,7,11,13,17-18,20-21,23,25,39-40H,3-4,6,8-10,12,14-16,19,22,24,26-38,44H2,1-2H3,(H,47,48)(H,49,50)/b7-5-,13-11-,18-17-,21-20-,25-23-/t39-,40+/m1/s1. The molecule has 0 aliphatic rings. The highest BCUT2D eigenvalue weighted by molar-refractivity contribution is 7.47. The van der Waals surface area contributed by atoms with Crippen molar-refractivity contribution in [2.75, 3.05) is 19.8 Å². The summed E-state index contributed by atoms with van der Waals surface area (Å²) >= 11 is 0. The van der Waals surface area contributed by atoms with Gasteiger partial charge < -0.3 is 25.2 Å². The van der Waals surface area contributed by atoms with Gasteiger partial charge in [0.15, 0.2) is 6.10 Å². The number of allylic oxidation sites excluding steroid dienone is 10. The van der Waals surface area contributed by atoms with Gasteiger partial charge in [0.1, 0.15) is 12.6 Å². The Kier molecular flexibility index (Phi) is 36.1. The summed E-state index contributed by atoms with van der Waals surface area (Å²) in [7, 11) is -4.72. The zero-order valence-corrected chi connectivity index (χ0v) is 34.9. The number of hydrogen-bond acceptors (Lipinski definition) is 9. The van der Waals surface area contributed by atoms with E-state index < -0.39 is 51.1 Å². The number of nitrogens with two attached hydrogens (primary N) is 1. The normalized spacial score (nSPS) is 14.4. The molecule has 0 fully saturated rings. The molecule has 1 unspecified atom stereocenters. The third-order valence-corrected chi connectivity index (χ3v) is 9.48. The smallest absolute Gasteiger partial charge is 0.472 e. The minimum atomic E-state index is -4.72. The van der Waals surface area contributed by atoms with Crippen LogP contribution in [0.3, 0.4) is 0 Å². The number of phosphoric acid groups is 1. The van der Waals surface area contributed by atoms with Gasteiger partial charge in [-0.1, -0.05) is 152 Å². The van der Waals surface area contributed by atoms with E-state index in [9.17, 15) is 23.8 Å². The Bertz CT molecular complexity index is 1170. The van der Waals surface area contributed by atoms with Crippen LogP contribution in [-0.4, -0.2) is 59.9 Å². The number of carboxylic acids is 1. The van der Waals surface area contributed by atoms with Crippen LogP contribution in [-0.2, 0) is 37.5 Å². The number of carboxylic acid groups (broad SMARTS) is 1. The first kappa shape index (κ1) is 52.2. The second-order valence-electron chi connectivity index (χ2n) is 13.7. The molecular formula is C43H74NO10P. The van der Waals surface area contributed by atoms with Crippen molar-refractivity contribution in [2.45, 2.75) is 174 Å². The summed E-state index contributed by atoms with van der Waals surface area (Å²) in [5.41, 5.74) is 5.32. The molecule has 11 nitrogen and oxygen atoms in total. The Morgan fingerprint density at radius 3 is 1.53 bits per heavy atom. The van der Waals surface area contributed by atoms with Gasteiger partial charge in [0.2, 0.25) is 0 Å². The molecule has 0 amide bonds. The van der Waals surface area contributed by atoms with Crippen molar-refractivity contribution in [3.63, 3.8) is 0 Å². The van der Waals surface area contributed by atoms with Crippen LogP contribution >= 0.6 is 7.82 Å². The van der Waals surface area contributed by atoms with Crippen LogP contribution in [0.5, 0.6) is 0 Å². The molecular weight excluding hydrogens is 721 g/mol. The van der Waals surface area contributed by atoms with Crippen molar-refractivity contribution in [2.24, 2.45) is 5.73 Å². The van der Waals surface area contributed by atoms with Crippen molar-refractivity contribution in [3.05, 3.63) is 60.8 Å². The molecule has 0 saturated heterocycles. The minimum Gasteiger partial charge on any atom is -0.480 e. The third-order valence-electron chi connectivity index (χ3n) is 8.53. The molecule has 0 heterocycles. The fourth-order valence-corrected chi connectivity index (χ4v) is 6.04. The average molecular weight is 796 g/mol. The molecule has 0 saturated carbocycles. The van der Waals surface area contributed by atoms with E-state index in [2.05, 4.69) is 79.1 Å². The summed E-state index contributed by atoms with van der Waals surface area (Å²) in [6, 6.07) is -1.53. The Morgan fingerprint density at radius 1 is 0.582 bits per heavy atom. The number of carbonyl (C=O) groups excluding carboxylic acids is 2. The number of rotatable bonds is 38. The van der Waals surface area contributed by atoms with Crippen molar-refractivity contribution >= 4 is 25.7 Å². The molecule has 0 rings (SSSR count). The molecule has 55 heavy (non-hydrogen) atoms. The van der Waals surface area contributed by atoms with Gasteiger partial charge >= 0.3 is 25.7 Å². The maximum Gasteiger partial charge on any atom is 0.472 e. The van der Waals surface area contributed by atoms with Crippen LogP contribution in [0.2, 0.25) is 0 Å². The zero-order chi connectivity index (χ0) is 40.7. The number of hydrogen-bond donors (Lipinski definition) is 3. The number of esters is 2. The molecule has 3 atom stereocenters. The van der Waals surface area contributed by atoms with Gasteiger partial charge in [0.05, 0.1) is 13.2 Å². The largest absolute Gasteiger partial charge is 0.480 e. The van der Waals surface area contributed by atoms with Crippen LogP contribution in [0, 0.1) is 0 Å². The molecule has 316 valence electrons. The van der Waals surface area contributed by atoms with Gasteiger partial charge in [-0.2, -0.15) is 0 Å². The first-order valence-electron chi connectivity index (χ1n) is 20.8. The Balaban J connectivity index is 4.46. The summed E-state index contributed by atoms with van der Waals surface area (Å²) < 4.78 is 32.6. The van der Waals surface area contributed by atoms with Crippen LogP contribution in [0.15, 0.2) is 60.8 Å². The monoisotopic (exact) mass is 796 g/mol. The van der Waals surface area contributed by atoms with Crippen molar-refractivity contribution in [1.29, 1.82) is 0 Å². The predicted molar refractivity (Wildman–Crippen MR) is 221 cm³/mol. The van der Waals surface area contributed by atoms with E-state index in [0.29, 0.717) is 12.8 Å². The molecule has 0 aromatic heterocycles. The maximum absolute atomic E-state index is 12.6. The number of ether oxygens (including phenoxy) is 2. The lowest BCUT2D eigenvalue weighted by Crippen LogP contribution is -2.34. The fourth-order valence-electron chi connectivity index (χ4n) is 5.27. The van der Waals surface area contributed by atoms with E-state index >= 15 is 0 Å². The van der Waals surface area contributed by atoms with Gasteiger partial charge in [-0.25, -0.2) is 4.57 Å². The first-order valence-corrected chi connectivity index (χ1v) is 22.3. The molecule has 0 aromatic rings. The average Bonchev–Trinajstić information content (AvgIpc) is 3.16. The van der Waals surface area contributed by atoms with E-state index in [4.69, 9.17) is 24.8 Å². The number of phosphoric ester groups is 1. The Morgan fingerprint density at radius 2 is 1.02 bits per heavy atom. The van der Waals surface area contributed by atoms with Gasteiger partial charge in [-0.3, -0.25) is 23.4 Å². The molecule has 0 aliphatic heterocycles. The van der Waals surface area contributed by atoms with E-state index in [0.717, 1.165) is 70.6 Å². The second kappa shape index (κ2) is 38.1. The SMILES string of the molecule is CC/C=C\C/C=C\C/C=C\C/C=C\C/C=C\CCCCCC(=O)O[C@H](COC(=O)CCCCCCCCCCCCCC)COP(=O)(O)OC[C@H](N)C(=O)O. The fraction of sp³-hybridized carbons (Fsp3) is 0.698. The lowest BCUT2D eigenvalue weighted by atomic mass is 10.0. The second-order valence-corrected chi connectivity index (χ2v) is 15.2. The quantitative estimate of drug-likeness (QED) is 0.0235. The van der Waals surface area contributed by atoms with Gasteiger partial charge in [0, 0.05) is 12.8 Å². The van der Waals surface area contributed by atoms with Gasteiger partial charge in [0.25, 0.3) is 0 Å². The first-order chi connectivity index (χ1) is 26.6. The van der Waals surface area contributed by atoms with E-state index in [1.54, 1.807) is 0 Å². The minimum absolute atomic E-state index is 0.121. The van der Waals surface area contributed by atoms with Crippen LogP contribution < -0.4 is 5.73 Å². The van der Waals surface area contributed by atoms with E-state index in [1.807, 2.05) is 0 Å². The van der Waals surface area contributed by atoms with Crippen molar-refractivity contribution < 1.29 is 47.5 Å². The lowest BCUT2D eigenvalue weighted by Gasteiger charge is -2.20. The highest BCUT2D eigenvalue weighted by Crippen LogP contribution is 2.43. The third kappa shape index (κ3) is 37.9. The molecule has 12 heteroatoms. The van der Waals surface area contributed by atoms with E-state index in [-0.39, 0.29) is 19.4 Å². The summed E-state index contributed by atoms with van der Waals surface area (Å²) in [6.07, 6.45) is 42.9. The summed E-state index contributed by atoms with van der Waals surface area (Å²) in [5.74, 6) is -2.43. The Labute approximate surface area is 332 Å². The topological polar surface area (TPSA) is 172 Å². The zero-order valence-electron chi connectivity index (χ0n) is 34.0. The summed E-state index contributed by atoms with van der Waals surface area (Å²) in [6.45, 7) is 2.64. The summed E-state index contributed by atoms with van der Waals surface area (Å²) in [5, 5.41) is 8.87. The Hall–Kier alpha value is -2.82.